The number of hydrogen-bond donors (Lipinski definition) is 1. The summed E-state index contributed by atoms with van der Waals surface area (Å²) in [6.45, 7) is 1.68. The summed E-state index contributed by atoms with van der Waals surface area (Å²) >= 11 is 0. The molecule has 0 amide bonds. The molecule has 0 aliphatic heterocycles. The lowest BCUT2D eigenvalue weighted by molar-refractivity contribution is 0.405. The molecule has 6 heteroatoms. The lowest BCUT2D eigenvalue weighted by Gasteiger charge is -2.17. The fourth-order valence-corrected chi connectivity index (χ4v) is 3.35. The van der Waals surface area contributed by atoms with E-state index < -0.39 is 21.9 Å². The highest BCUT2D eigenvalue weighted by atomic mass is 32.2. The van der Waals surface area contributed by atoms with Gasteiger partial charge in [0.25, 0.3) is 0 Å². The zero-order valence-electron chi connectivity index (χ0n) is 11.7. The SMILES string of the molecule is COc1ccccc1C(C)NS(=O)(=O)c1ccccc1F. The summed E-state index contributed by atoms with van der Waals surface area (Å²) in [5.41, 5.74) is 0.680. The van der Waals surface area contributed by atoms with E-state index in [2.05, 4.69) is 4.72 Å². The Bertz CT molecular complexity index is 731. The first kappa shape index (κ1) is 15.5. The first-order chi connectivity index (χ1) is 9.95. The Morgan fingerprint density at radius 1 is 1.10 bits per heavy atom. The number of halogens is 1. The number of methoxy groups -OCH3 is 1. The van der Waals surface area contributed by atoms with Gasteiger partial charge in [0.1, 0.15) is 16.5 Å². The summed E-state index contributed by atoms with van der Waals surface area (Å²) in [5.74, 6) is -0.210. The van der Waals surface area contributed by atoms with Gasteiger partial charge in [0.05, 0.1) is 7.11 Å². The van der Waals surface area contributed by atoms with Crippen molar-refractivity contribution in [2.45, 2.75) is 17.9 Å². The molecule has 112 valence electrons. The fourth-order valence-electron chi connectivity index (χ4n) is 2.05. The Morgan fingerprint density at radius 3 is 2.38 bits per heavy atom. The second-order valence-corrected chi connectivity index (χ2v) is 6.20. The van der Waals surface area contributed by atoms with Gasteiger partial charge in [-0.15, -0.1) is 0 Å². The standard InChI is InChI=1S/C15H16FNO3S/c1-11(12-7-3-5-9-14(12)20-2)17-21(18,19)15-10-6-4-8-13(15)16/h3-11,17H,1-2H3. The smallest absolute Gasteiger partial charge is 0.244 e. The number of para-hydroxylation sites is 1. The van der Waals surface area contributed by atoms with Crippen LogP contribution in [0.2, 0.25) is 0 Å². The summed E-state index contributed by atoms with van der Waals surface area (Å²) in [5, 5.41) is 0. The van der Waals surface area contributed by atoms with E-state index in [0.29, 0.717) is 11.3 Å². The molecular weight excluding hydrogens is 293 g/mol. The second-order valence-electron chi connectivity index (χ2n) is 4.52. The van der Waals surface area contributed by atoms with Crippen LogP contribution in [0.5, 0.6) is 5.75 Å². The van der Waals surface area contributed by atoms with Crippen molar-refractivity contribution in [1.82, 2.24) is 4.72 Å². The Hall–Kier alpha value is -1.92. The number of hydrogen-bond acceptors (Lipinski definition) is 3. The minimum Gasteiger partial charge on any atom is -0.496 e. The van der Waals surface area contributed by atoms with E-state index in [0.717, 1.165) is 6.07 Å². The van der Waals surface area contributed by atoms with E-state index in [1.807, 2.05) is 0 Å². The van der Waals surface area contributed by atoms with Crippen LogP contribution in [-0.2, 0) is 10.0 Å². The van der Waals surface area contributed by atoms with Crippen molar-refractivity contribution in [1.29, 1.82) is 0 Å². The van der Waals surface area contributed by atoms with Crippen molar-refractivity contribution in [3.63, 3.8) is 0 Å². The zero-order valence-corrected chi connectivity index (χ0v) is 12.5. The molecule has 0 radical (unpaired) electrons. The van der Waals surface area contributed by atoms with Crippen LogP contribution in [0.15, 0.2) is 53.4 Å². The molecule has 2 aromatic rings. The summed E-state index contributed by atoms with van der Waals surface area (Å²) in [4.78, 5) is -0.369. The second kappa shape index (κ2) is 6.24. The van der Waals surface area contributed by atoms with Crippen molar-refractivity contribution in [2.24, 2.45) is 0 Å². The van der Waals surface area contributed by atoms with Crippen LogP contribution in [0.1, 0.15) is 18.5 Å². The molecule has 1 N–H and O–H groups in total. The molecule has 1 atom stereocenters. The Kier molecular flexibility index (Phi) is 4.59. The van der Waals surface area contributed by atoms with Crippen molar-refractivity contribution in [3.05, 3.63) is 59.9 Å². The molecule has 2 rings (SSSR count). The summed E-state index contributed by atoms with van der Waals surface area (Å²) < 4.78 is 45.8. The molecule has 0 fully saturated rings. The molecule has 0 saturated heterocycles. The normalized spacial score (nSPS) is 12.9. The molecule has 0 aliphatic rings. The Labute approximate surface area is 123 Å². The Morgan fingerprint density at radius 2 is 1.71 bits per heavy atom. The molecule has 0 aliphatic carbocycles. The number of ether oxygens (including phenoxy) is 1. The van der Waals surface area contributed by atoms with Crippen molar-refractivity contribution in [3.8, 4) is 5.75 Å². The van der Waals surface area contributed by atoms with Gasteiger partial charge < -0.3 is 4.74 Å². The van der Waals surface area contributed by atoms with Gasteiger partial charge in [-0.2, -0.15) is 0 Å². The van der Waals surface area contributed by atoms with Crippen LogP contribution in [0, 0.1) is 5.82 Å². The van der Waals surface area contributed by atoms with Gasteiger partial charge in [-0.25, -0.2) is 17.5 Å². The van der Waals surface area contributed by atoms with Crippen molar-refractivity contribution >= 4 is 10.0 Å². The molecule has 0 saturated carbocycles. The van der Waals surface area contributed by atoms with Gasteiger partial charge in [0, 0.05) is 11.6 Å². The highest BCUT2D eigenvalue weighted by Gasteiger charge is 2.22. The van der Waals surface area contributed by atoms with Gasteiger partial charge in [-0.1, -0.05) is 30.3 Å². The molecule has 21 heavy (non-hydrogen) atoms. The topological polar surface area (TPSA) is 55.4 Å². The van der Waals surface area contributed by atoms with E-state index in [1.54, 1.807) is 31.2 Å². The van der Waals surface area contributed by atoms with Crippen LogP contribution in [0.3, 0.4) is 0 Å². The van der Waals surface area contributed by atoms with Crippen LogP contribution in [-0.4, -0.2) is 15.5 Å². The van der Waals surface area contributed by atoms with Gasteiger partial charge in [0.2, 0.25) is 10.0 Å². The molecule has 1 unspecified atom stereocenters. The molecule has 0 bridgehead atoms. The largest absolute Gasteiger partial charge is 0.496 e. The minimum atomic E-state index is -3.94. The lowest BCUT2D eigenvalue weighted by atomic mass is 10.1. The third-order valence-corrected chi connectivity index (χ3v) is 4.64. The van der Waals surface area contributed by atoms with Gasteiger partial charge in [-0.05, 0) is 25.1 Å². The van der Waals surface area contributed by atoms with E-state index >= 15 is 0 Å². The predicted molar refractivity (Wildman–Crippen MR) is 78.1 cm³/mol. The first-order valence-corrected chi connectivity index (χ1v) is 7.84. The van der Waals surface area contributed by atoms with Crippen LogP contribution in [0.25, 0.3) is 0 Å². The summed E-state index contributed by atoms with van der Waals surface area (Å²) in [6, 6.07) is 11.8. The quantitative estimate of drug-likeness (QED) is 0.924. The zero-order chi connectivity index (χ0) is 15.5. The van der Waals surface area contributed by atoms with Gasteiger partial charge >= 0.3 is 0 Å². The number of nitrogens with one attached hydrogen (secondary N) is 1. The maximum absolute atomic E-state index is 13.6. The maximum Gasteiger partial charge on any atom is 0.244 e. The van der Waals surface area contributed by atoms with E-state index in [1.165, 1.54) is 25.3 Å². The molecule has 0 spiro atoms. The minimum absolute atomic E-state index is 0.369. The van der Waals surface area contributed by atoms with Crippen LogP contribution in [0.4, 0.5) is 4.39 Å². The van der Waals surface area contributed by atoms with Gasteiger partial charge in [-0.3, -0.25) is 0 Å². The summed E-state index contributed by atoms with van der Waals surface area (Å²) in [6.07, 6.45) is 0. The average Bonchev–Trinajstić information content (AvgIpc) is 2.47. The number of sulfonamides is 1. The lowest BCUT2D eigenvalue weighted by Crippen LogP contribution is -2.27. The monoisotopic (exact) mass is 309 g/mol. The summed E-state index contributed by atoms with van der Waals surface area (Å²) in [7, 11) is -2.43. The first-order valence-electron chi connectivity index (χ1n) is 6.35. The maximum atomic E-state index is 13.6. The van der Waals surface area contributed by atoms with Crippen molar-refractivity contribution in [2.75, 3.05) is 7.11 Å². The van der Waals surface area contributed by atoms with Crippen molar-refractivity contribution < 1.29 is 17.5 Å². The number of rotatable bonds is 5. The Balaban J connectivity index is 2.31. The fraction of sp³-hybridized carbons (Fsp3) is 0.200. The van der Waals surface area contributed by atoms with Crippen LogP contribution >= 0.6 is 0 Å². The molecule has 2 aromatic carbocycles. The van der Waals surface area contributed by atoms with Crippen LogP contribution < -0.4 is 9.46 Å². The number of benzene rings is 2. The van der Waals surface area contributed by atoms with E-state index in [9.17, 15) is 12.8 Å². The molecule has 0 aromatic heterocycles. The van der Waals surface area contributed by atoms with E-state index in [4.69, 9.17) is 4.74 Å². The predicted octanol–water partition coefficient (Wildman–Crippen LogP) is 2.87. The third kappa shape index (κ3) is 3.40. The molecular formula is C15H16FNO3S. The highest BCUT2D eigenvalue weighted by molar-refractivity contribution is 7.89. The highest BCUT2D eigenvalue weighted by Crippen LogP contribution is 2.26. The van der Waals surface area contributed by atoms with Gasteiger partial charge in [0.15, 0.2) is 0 Å². The van der Waals surface area contributed by atoms with E-state index in [-0.39, 0.29) is 4.90 Å². The molecule has 4 nitrogen and oxygen atoms in total. The average molecular weight is 309 g/mol. The molecule has 0 heterocycles. The third-order valence-electron chi connectivity index (χ3n) is 3.06.